The molecule has 0 saturated carbocycles. The fourth-order valence-electron chi connectivity index (χ4n) is 1.83. The van der Waals surface area contributed by atoms with Crippen LogP contribution in [0.25, 0.3) is 0 Å². The van der Waals surface area contributed by atoms with Gasteiger partial charge in [-0.05, 0) is 27.7 Å². The van der Waals surface area contributed by atoms with E-state index in [4.69, 9.17) is 4.74 Å². The van der Waals surface area contributed by atoms with E-state index in [2.05, 4.69) is 48.3 Å². The summed E-state index contributed by atoms with van der Waals surface area (Å²) in [6.45, 7) is 16.8. The number of hydrogen-bond donors (Lipinski definition) is 2. The van der Waals surface area contributed by atoms with E-state index < -0.39 is 0 Å². The number of hydrogen-bond acceptors (Lipinski definition) is 5. The van der Waals surface area contributed by atoms with Crippen molar-refractivity contribution < 1.29 is 4.74 Å². The van der Waals surface area contributed by atoms with Crippen molar-refractivity contribution >= 4 is 11.6 Å². The van der Waals surface area contributed by atoms with Gasteiger partial charge in [-0.3, -0.25) is 0 Å². The molecular formula is C16H30N4O. The average molecular weight is 294 g/mol. The summed E-state index contributed by atoms with van der Waals surface area (Å²) < 4.78 is 5.56. The zero-order chi connectivity index (χ0) is 16.0. The summed E-state index contributed by atoms with van der Waals surface area (Å²) in [7, 11) is 0. The van der Waals surface area contributed by atoms with Crippen LogP contribution in [0.4, 0.5) is 11.6 Å². The zero-order valence-electron chi connectivity index (χ0n) is 14.5. The van der Waals surface area contributed by atoms with Crippen molar-refractivity contribution in [2.45, 2.75) is 60.0 Å². The average Bonchev–Trinajstić information content (AvgIpc) is 2.37. The second kappa shape index (κ2) is 7.59. The minimum absolute atomic E-state index is 0.0806. The van der Waals surface area contributed by atoms with Crippen molar-refractivity contribution in [3.8, 4) is 0 Å². The SMILES string of the molecule is CCNc1nc(C(C)(C)C)nc(NCCOC(C)C)c1C. The maximum atomic E-state index is 5.56. The van der Waals surface area contributed by atoms with E-state index in [-0.39, 0.29) is 11.5 Å². The van der Waals surface area contributed by atoms with Crippen LogP contribution in [-0.4, -0.2) is 35.8 Å². The van der Waals surface area contributed by atoms with E-state index in [1.165, 1.54) is 0 Å². The summed E-state index contributed by atoms with van der Waals surface area (Å²) in [5.41, 5.74) is 0.970. The molecule has 0 aromatic carbocycles. The second-order valence-corrected chi connectivity index (χ2v) is 6.50. The molecule has 5 nitrogen and oxygen atoms in total. The van der Waals surface area contributed by atoms with E-state index in [0.717, 1.165) is 36.1 Å². The molecule has 1 rings (SSSR count). The molecule has 1 aromatic rings. The molecule has 0 radical (unpaired) electrons. The van der Waals surface area contributed by atoms with Gasteiger partial charge in [-0.2, -0.15) is 0 Å². The van der Waals surface area contributed by atoms with Crippen LogP contribution in [-0.2, 0) is 10.2 Å². The summed E-state index contributed by atoms with van der Waals surface area (Å²) in [6, 6.07) is 0. The molecule has 21 heavy (non-hydrogen) atoms. The summed E-state index contributed by atoms with van der Waals surface area (Å²) in [6.07, 6.45) is 0.251. The molecule has 5 heteroatoms. The van der Waals surface area contributed by atoms with Gasteiger partial charge in [0.1, 0.15) is 17.5 Å². The third-order valence-corrected chi connectivity index (χ3v) is 3.01. The smallest absolute Gasteiger partial charge is 0.138 e. The molecule has 2 N–H and O–H groups in total. The van der Waals surface area contributed by atoms with Crippen molar-refractivity contribution in [3.63, 3.8) is 0 Å². The van der Waals surface area contributed by atoms with Crippen LogP contribution in [0.1, 0.15) is 52.9 Å². The Morgan fingerprint density at radius 2 is 1.67 bits per heavy atom. The first-order valence-corrected chi connectivity index (χ1v) is 7.74. The van der Waals surface area contributed by atoms with Crippen LogP contribution in [0.5, 0.6) is 0 Å². The van der Waals surface area contributed by atoms with E-state index in [1.54, 1.807) is 0 Å². The first-order chi connectivity index (χ1) is 9.75. The molecule has 1 heterocycles. The Bertz CT molecular complexity index is 452. The van der Waals surface area contributed by atoms with Gasteiger partial charge in [-0.1, -0.05) is 20.8 Å². The molecule has 0 aliphatic rings. The van der Waals surface area contributed by atoms with Crippen molar-refractivity contribution in [1.82, 2.24) is 9.97 Å². The van der Waals surface area contributed by atoms with Gasteiger partial charge >= 0.3 is 0 Å². The molecule has 1 aromatic heterocycles. The lowest BCUT2D eigenvalue weighted by molar-refractivity contribution is 0.0870. The van der Waals surface area contributed by atoms with Crippen molar-refractivity contribution in [2.24, 2.45) is 0 Å². The fourth-order valence-corrected chi connectivity index (χ4v) is 1.83. The Hall–Kier alpha value is -1.36. The Kier molecular flexibility index (Phi) is 6.40. The molecule has 0 bridgehead atoms. The molecule has 0 unspecified atom stereocenters. The summed E-state index contributed by atoms with van der Waals surface area (Å²) in [4.78, 5) is 9.34. The molecule has 0 saturated heterocycles. The first kappa shape index (κ1) is 17.7. The summed E-state index contributed by atoms with van der Waals surface area (Å²) in [5, 5.41) is 6.68. The normalized spacial score (nSPS) is 11.8. The van der Waals surface area contributed by atoms with Crippen molar-refractivity contribution in [1.29, 1.82) is 0 Å². The van der Waals surface area contributed by atoms with Gasteiger partial charge in [0.15, 0.2) is 0 Å². The fraction of sp³-hybridized carbons (Fsp3) is 0.750. The second-order valence-electron chi connectivity index (χ2n) is 6.50. The maximum Gasteiger partial charge on any atom is 0.138 e. The van der Waals surface area contributed by atoms with Crippen LogP contribution >= 0.6 is 0 Å². The third kappa shape index (κ3) is 5.50. The van der Waals surface area contributed by atoms with Gasteiger partial charge < -0.3 is 15.4 Å². The van der Waals surface area contributed by atoms with Gasteiger partial charge in [0.25, 0.3) is 0 Å². The number of nitrogens with zero attached hydrogens (tertiary/aromatic N) is 2. The number of nitrogens with one attached hydrogen (secondary N) is 2. The molecule has 0 aliphatic heterocycles. The number of ether oxygens (including phenoxy) is 1. The largest absolute Gasteiger partial charge is 0.377 e. The molecule has 0 fully saturated rings. The number of anilines is 2. The zero-order valence-corrected chi connectivity index (χ0v) is 14.5. The van der Waals surface area contributed by atoms with Gasteiger partial charge in [-0.25, -0.2) is 9.97 Å². The molecule has 120 valence electrons. The van der Waals surface area contributed by atoms with Crippen LogP contribution in [0, 0.1) is 6.92 Å². The highest BCUT2D eigenvalue weighted by Gasteiger charge is 2.20. The molecule has 0 aliphatic carbocycles. The summed E-state index contributed by atoms with van der Waals surface area (Å²) in [5.74, 6) is 2.64. The predicted molar refractivity (Wildman–Crippen MR) is 89.2 cm³/mol. The van der Waals surface area contributed by atoms with E-state index in [9.17, 15) is 0 Å². The Morgan fingerprint density at radius 1 is 1.10 bits per heavy atom. The number of aromatic nitrogens is 2. The molecular weight excluding hydrogens is 264 g/mol. The molecule has 0 spiro atoms. The highest BCUT2D eigenvalue weighted by atomic mass is 16.5. The van der Waals surface area contributed by atoms with Crippen LogP contribution < -0.4 is 10.6 Å². The Balaban J connectivity index is 2.92. The van der Waals surface area contributed by atoms with E-state index in [0.29, 0.717) is 6.61 Å². The quantitative estimate of drug-likeness (QED) is 0.755. The van der Waals surface area contributed by atoms with Crippen LogP contribution in [0.3, 0.4) is 0 Å². The standard InChI is InChI=1S/C16H30N4O/c1-8-17-13-12(4)14(18-9-10-21-11(2)3)20-15(19-13)16(5,6)7/h11H,8-10H2,1-7H3,(H2,17,18,19,20). The lowest BCUT2D eigenvalue weighted by atomic mass is 9.95. The highest BCUT2D eigenvalue weighted by molar-refractivity contribution is 5.57. The van der Waals surface area contributed by atoms with E-state index >= 15 is 0 Å². The van der Waals surface area contributed by atoms with Gasteiger partial charge in [0.2, 0.25) is 0 Å². The monoisotopic (exact) mass is 294 g/mol. The molecule has 0 amide bonds. The Morgan fingerprint density at radius 3 is 2.14 bits per heavy atom. The summed E-state index contributed by atoms with van der Waals surface area (Å²) >= 11 is 0. The molecule has 0 atom stereocenters. The first-order valence-electron chi connectivity index (χ1n) is 7.74. The van der Waals surface area contributed by atoms with Crippen molar-refractivity contribution in [2.75, 3.05) is 30.3 Å². The Labute approximate surface area is 128 Å². The maximum absolute atomic E-state index is 5.56. The van der Waals surface area contributed by atoms with Gasteiger partial charge in [0.05, 0.1) is 12.7 Å². The van der Waals surface area contributed by atoms with Crippen LogP contribution in [0.2, 0.25) is 0 Å². The lowest BCUT2D eigenvalue weighted by Crippen LogP contribution is -2.21. The van der Waals surface area contributed by atoms with Crippen LogP contribution in [0.15, 0.2) is 0 Å². The number of rotatable bonds is 7. The minimum atomic E-state index is -0.0806. The highest BCUT2D eigenvalue weighted by Crippen LogP contribution is 2.26. The van der Waals surface area contributed by atoms with Gasteiger partial charge in [-0.15, -0.1) is 0 Å². The topological polar surface area (TPSA) is 59.1 Å². The minimum Gasteiger partial charge on any atom is -0.377 e. The lowest BCUT2D eigenvalue weighted by Gasteiger charge is -2.21. The third-order valence-electron chi connectivity index (χ3n) is 3.01. The van der Waals surface area contributed by atoms with E-state index in [1.807, 2.05) is 20.8 Å². The van der Waals surface area contributed by atoms with Gasteiger partial charge in [0, 0.05) is 24.1 Å². The predicted octanol–water partition coefficient (Wildman–Crippen LogP) is 3.35. The van der Waals surface area contributed by atoms with Crippen molar-refractivity contribution in [3.05, 3.63) is 11.4 Å².